The van der Waals surface area contributed by atoms with E-state index >= 15 is 0 Å². The lowest BCUT2D eigenvalue weighted by Gasteiger charge is -2.16. The Morgan fingerprint density at radius 2 is 2.18 bits per heavy atom. The Morgan fingerprint density at radius 1 is 1.41 bits per heavy atom. The van der Waals surface area contributed by atoms with E-state index in [2.05, 4.69) is 20.6 Å². The highest BCUT2D eigenvalue weighted by Crippen LogP contribution is 2.41. The van der Waals surface area contributed by atoms with Gasteiger partial charge in [-0.2, -0.15) is 0 Å². The molecule has 1 saturated carbocycles. The van der Waals surface area contributed by atoms with Crippen molar-refractivity contribution in [1.82, 2.24) is 20.6 Å². The zero-order valence-corrected chi connectivity index (χ0v) is 13.8. The molecule has 118 valence electrons. The van der Waals surface area contributed by atoms with Crippen molar-refractivity contribution in [3.8, 4) is 0 Å². The zero-order valence-electron chi connectivity index (χ0n) is 13.0. The largest absolute Gasteiger partial charge is 0.444 e. The molecule has 1 atom stereocenters. The molecule has 1 fully saturated rings. The normalized spacial score (nSPS) is 15.6. The molecule has 0 radical (unpaired) electrons. The number of aryl methyl sites for hydroxylation is 3. The summed E-state index contributed by atoms with van der Waals surface area (Å²) < 4.78 is 5.45. The maximum absolute atomic E-state index is 12.1. The van der Waals surface area contributed by atoms with Gasteiger partial charge in [-0.05, 0) is 39.5 Å². The van der Waals surface area contributed by atoms with Crippen molar-refractivity contribution in [1.29, 1.82) is 0 Å². The van der Waals surface area contributed by atoms with Gasteiger partial charge in [-0.1, -0.05) is 0 Å². The molecule has 0 saturated heterocycles. The molecule has 7 heteroatoms. The molecule has 1 aliphatic carbocycles. The van der Waals surface area contributed by atoms with E-state index in [9.17, 15) is 4.79 Å². The highest BCUT2D eigenvalue weighted by molar-refractivity contribution is 7.09. The average molecular weight is 320 g/mol. The molecule has 2 aromatic heterocycles. The molecule has 2 N–H and O–H groups in total. The Balaban J connectivity index is 1.57. The molecule has 0 aromatic carbocycles. The number of hydrogen-bond donors (Lipinski definition) is 2. The van der Waals surface area contributed by atoms with E-state index in [0.717, 1.165) is 35.0 Å². The van der Waals surface area contributed by atoms with Gasteiger partial charge in [0.25, 0.3) is 0 Å². The fraction of sp³-hybridized carbons (Fsp3) is 0.533. The minimum atomic E-state index is -0.210. The van der Waals surface area contributed by atoms with Crippen molar-refractivity contribution in [3.05, 3.63) is 33.4 Å². The first kappa shape index (κ1) is 15.0. The highest BCUT2D eigenvalue weighted by atomic mass is 32.1. The van der Waals surface area contributed by atoms with Crippen LogP contribution in [0.5, 0.6) is 0 Å². The van der Waals surface area contributed by atoms with Crippen molar-refractivity contribution < 1.29 is 9.21 Å². The van der Waals surface area contributed by atoms with Crippen LogP contribution in [0.4, 0.5) is 4.79 Å². The van der Waals surface area contributed by atoms with E-state index in [0.29, 0.717) is 11.8 Å². The first-order valence-electron chi connectivity index (χ1n) is 7.42. The van der Waals surface area contributed by atoms with Crippen LogP contribution in [0.15, 0.2) is 9.80 Å². The van der Waals surface area contributed by atoms with Crippen LogP contribution in [-0.4, -0.2) is 16.0 Å². The molecule has 0 spiro atoms. The number of urea groups is 1. The standard InChI is InChI=1S/C15H20N4O2S/c1-8-7-22-14(17-8)13(11-4-5-11)19-15(20)16-6-12-18-9(2)10(3)21-12/h7,11,13H,4-6H2,1-3H3,(H2,16,19,20)/t13-/m1/s1. The molecule has 2 amide bonds. The van der Waals surface area contributed by atoms with Crippen molar-refractivity contribution in [3.63, 3.8) is 0 Å². The number of hydrogen-bond acceptors (Lipinski definition) is 5. The van der Waals surface area contributed by atoms with Gasteiger partial charge in [0.2, 0.25) is 5.89 Å². The number of carbonyl (C=O) groups is 1. The fourth-order valence-corrected chi connectivity index (χ4v) is 3.23. The number of oxazole rings is 1. The first-order valence-corrected chi connectivity index (χ1v) is 8.30. The molecular formula is C15H20N4O2S. The van der Waals surface area contributed by atoms with Crippen LogP contribution in [0, 0.1) is 26.7 Å². The molecule has 0 unspecified atom stereocenters. The van der Waals surface area contributed by atoms with E-state index in [1.54, 1.807) is 11.3 Å². The number of thiazole rings is 1. The molecular weight excluding hydrogens is 300 g/mol. The van der Waals surface area contributed by atoms with Crippen molar-refractivity contribution >= 4 is 17.4 Å². The minimum absolute atomic E-state index is 0.00623. The molecule has 6 nitrogen and oxygen atoms in total. The van der Waals surface area contributed by atoms with Gasteiger partial charge in [-0.15, -0.1) is 11.3 Å². The van der Waals surface area contributed by atoms with Gasteiger partial charge < -0.3 is 15.1 Å². The van der Waals surface area contributed by atoms with Gasteiger partial charge in [-0.25, -0.2) is 14.8 Å². The molecule has 2 heterocycles. The van der Waals surface area contributed by atoms with Crippen LogP contribution in [0.3, 0.4) is 0 Å². The lowest BCUT2D eigenvalue weighted by molar-refractivity contribution is 0.233. The summed E-state index contributed by atoms with van der Waals surface area (Å²) in [5.41, 5.74) is 1.85. The van der Waals surface area contributed by atoms with E-state index in [-0.39, 0.29) is 18.6 Å². The van der Waals surface area contributed by atoms with Crippen molar-refractivity contribution in [2.75, 3.05) is 0 Å². The maximum atomic E-state index is 12.1. The second-order valence-electron chi connectivity index (χ2n) is 5.72. The van der Waals surface area contributed by atoms with E-state index in [1.807, 2.05) is 26.2 Å². The summed E-state index contributed by atoms with van der Waals surface area (Å²) in [6.45, 7) is 6.00. The summed E-state index contributed by atoms with van der Waals surface area (Å²) in [6.07, 6.45) is 2.28. The SMILES string of the molecule is Cc1csc([C@H](NC(=O)NCc2nc(C)c(C)o2)C2CC2)n1. The topological polar surface area (TPSA) is 80.0 Å². The Kier molecular flexibility index (Phi) is 4.15. The van der Waals surface area contributed by atoms with Gasteiger partial charge >= 0.3 is 6.03 Å². The molecule has 0 aliphatic heterocycles. The monoisotopic (exact) mass is 320 g/mol. The van der Waals surface area contributed by atoms with E-state index < -0.39 is 0 Å². The maximum Gasteiger partial charge on any atom is 0.315 e. The highest BCUT2D eigenvalue weighted by Gasteiger charge is 2.35. The predicted molar refractivity (Wildman–Crippen MR) is 83.7 cm³/mol. The summed E-state index contributed by atoms with van der Waals surface area (Å²) in [6, 6.07) is -0.204. The van der Waals surface area contributed by atoms with Crippen LogP contribution in [0.25, 0.3) is 0 Å². The quantitative estimate of drug-likeness (QED) is 0.887. The van der Waals surface area contributed by atoms with Crippen LogP contribution in [-0.2, 0) is 6.54 Å². The van der Waals surface area contributed by atoms with Crippen LogP contribution in [0.1, 0.15) is 46.9 Å². The molecule has 22 heavy (non-hydrogen) atoms. The van der Waals surface area contributed by atoms with E-state index in [1.165, 1.54) is 0 Å². The smallest absolute Gasteiger partial charge is 0.315 e. The molecule has 3 rings (SSSR count). The number of rotatable bonds is 5. The van der Waals surface area contributed by atoms with Gasteiger partial charge in [0.1, 0.15) is 10.8 Å². The third-order valence-electron chi connectivity index (χ3n) is 3.76. The second-order valence-corrected chi connectivity index (χ2v) is 6.61. The van der Waals surface area contributed by atoms with Crippen molar-refractivity contribution in [2.45, 2.75) is 46.2 Å². The number of amides is 2. The summed E-state index contributed by atoms with van der Waals surface area (Å²) in [5.74, 6) is 1.81. The van der Waals surface area contributed by atoms with Gasteiger partial charge in [0.05, 0.1) is 18.3 Å². The van der Waals surface area contributed by atoms with Gasteiger partial charge in [0.15, 0.2) is 0 Å². The lowest BCUT2D eigenvalue weighted by Crippen LogP contribution is -2.38. The minimum Gasteiger partial charge on any atom is -0.444 e. The first-order chi connectivity index (χ1) is 10.5. The Bertz CT molecular complexity index is 655. The fourth-order valence-electron chi connectivity index (χ4n) is 2.29. The lowest BCUT2D eigenvalue weighted by atomic mass is 10.2. The van der Waals surface area contributed by atoms with E-state index in [4.69, 9.17) is 4.42 Å². The van der Waals surface area contributed by atoms with Gasteiger partial charge in [0, 0.05) is 11.1 Å². The zero-order chi connectivity index (χ0) is 15.7. The summed E-state index contributed by atoms with van der Waals surface area (Å²) in [7, 11) is 0. The van der Waals surface area contributed by atoms with Crippen molar-refractivity contribution in [2.24, 2.45) is 5.92 Å². The molecule has 2 aromatic rings. The third kappa shape index (κ3) is 3.47. The van der Waals surface area contributed by atoms with Crippen LogP contribution in [0.2, 0.25) is 0 Å². The Labute approximate surface area is 133 Å². The van der Waals surface area contributed by atoms with Crippen LogP contribution < -0.4 is 10.6 Å². The predicted octanol–water partition coefficient (Wildman–Crippen LogP) is 3.01. The molecule has 0 bridgehead atoms. The number of carbonyl (C=O) groups excluding carboxylic acids is 1. The number of nitrogens with zero attached hydrogens (tertiary/aromatic N) is 2. The number of aromatic nitrogens is 2. The number of nitrogens with one attached hydrogen (secondary N) is 2. The van der Waals surface area contributed by atoms with Gasteiger partial charge in [-0.3, -0.25) is 0 Å². The Morgan fingerprint density at radius 3 is 2.73 bits per heavy atom. The van der Waals surface area contributed by atoms with Crippen LogP contribution >= 0.6 is 11.3 Å². The second kappa shape index (κ2) is 6.08. The summed E-state index contributed by atoms with van der Waals surface area (Å²) in [4.78, 5) is 20.9. The summed E-state index contributed by atoms with van der Waals surface area (Å²) >= 11 is 1.60. The average Bonchev–Trinajstić information content (AvgIpc) is 3.15. The summed E-state index contributed by atoms with van der Waals surface area (Å²) in [5, 5.41) is 8.83. The Hall–Kier alpha value is -1.89. The molecule has 1 aliphatic rings. The third-order valence-corrected chi connectivity index (χ3v) is 4.80.